The number of H-pyrrole nitrogens is 1. The van der Waals surface area contributed by atoms with Gasteiger partial charge >= 0.3 is 12.2 Å². The van der Waals surface area contributed by atoms with Crippen LogP contribution in [0.3, 0.4) is 0 Å². The van der Waals surface area contributed by atoms with Crippen molar-refractivity contribution in [3.63, 3.8) is 0 Å². The number of rotatable bonds is 1. The van der Waals surface area contributed by atoms with Gasteiger partial charge in [-0.25, -0.2) is 9.59 Å². The van der Waals surface area contributed by atoms with Crippen molar-refractivity contribution in [2.24, 2.45) is 0 Å². The van der Waals surface area contributed by atoms with Gasteiger partial charge in [-0.3, -0.25) is 0 Å². The van der Waals surface area contributed by atoms with E-state index in [2.05, 4.69) is 4.98 Å². The van der Waals surface area contributed by atoms with E-state index in [9.17, 15) is 9.59 Å². The molecular formula is C18H24N2O4. The number of imide groups is 1. The van der Waals surface area contributed by atoms with Gasteiger partial charge in [0.05, 0.1) is 5.69 Å². The Bertz CT molecular complexity index is 722. The van der Waals surface area contributed by atoms with Gasteiger partial charge in [-0.05, 0) is 59.7 Å². The lowest BCUT2D eigenvalue weighted by atomic mass is 10.2. The minimum Gasteiger partial charge on any atom is -0.443 e. The van der Waals surface area contributed by atoms with E-state index in [0.29, 0.717) is 5.69 Å². The topological polar surface area (TPSA) is 71.6 Å². The quantitative estimate of drug-likeness (QED) is 0.810. The zero-order chi connectivity index (χ0) is 18.1. The first-order chi connectivity index (χ1) is 11.0. The number of carbonyl (C=O) groups excluding carboxylic acids is 2. The van der Waals surface area contributed by atoms with Crippen LogP contribution in [0, 0.1) is 0 Å². The first-order valence-electron chi connectivity index (χ1n) is 7.80. The van der Waals surface area contributed by atoms with E-state index in [4.69, 9.17) is 9.47 Å². The summed E-state index contributed by atoms with van der Waals surface area (Å²) >= 11 is 0. The average Bonchev–Trinajstić information content (AvgIpc) is 2.83. The molecule has 0 bridgehead atoms. The minimum absolute atomic E-state index is 0.414. The number of benzene rings is 1. The zero-order valence-corrected chi connectivity index (χ0v) is 15.0. The van der Waals surface area contributed by atoms with Gasteiger partial charge in [0.25, 0.3) is 0 Å². The van der Waals surface area contributed by atoms with Crippen LogP contribution in [0.2, 0.25) is 0 Å². The average molecular weight is 332 g/mol. The summed E-state index contributed by atoms with van der Waals surface area (Å²) in [6, 6.07) is 7.10. The summed E-state index contributed by atoms with van der Waals surface area (Å²) in [4.78, 5) is 29.3. The van der Waals surface area contributed by atoms with Gasteiger partial charge in [0.15, 0.2) is 0 Å². The highest BCUT2D eigenvalue weighted by Gasteiger charge is 2.33. The maximum atomic E-state index is 12.6. The summed E-state index contributed by atoms with van der Waals surface area (Å²) in [5.74, 6) is 0. The van der Waals surface area contributed by atoms with Crippen molar-refractivity contribution < 1.29 is 19.1 Å². The van der Waals surface area contributed by atoms with Crippen LogP contribution in [0.25, 0.3) is 10.9 Å². The van der Waals surface area contributed by atoms with Crippen molar-refractivity contribution in [2.75, 3.05) is 4.90 Å². The first-order valence-corrected chi connectivity index (χ1v) is 7.80. The van der Waals surface area contributed by atoms with E-state index in [1.54, 1.807) is 65.9 Å². The Morgan fingerprint density at radius 1 is 0.917 bits per heavy atom. The predicted octanol–water partition coefficient (Wildman–Crippen LogP) is 4.84. The van der Waals surface area contributed by atoms with Crippen LogP contribution in [0.4, 0.5) is 15.3 Å². The highest BCUT2D eigenvalue weighted by Crippen LogP contribution is 2.29. The van der Waals surface area contributed by atoms with Crippen LogP contribution in [-0.4, -0.2) is 28.4 Å². The minimum atomic E-state index is -0.773. The van der Waals surface area contributed by atoms with Crippen LogP contribution in [0.15, 0.2) is 30.5 Å². The Hall–Kier alpha value is -2.50. The summed E-state index contributed by atoms with van der Waals surface area (Å²) in [7, 11) is 0. The summed E-state index contributed by atoms with van der Waals surface area (Å²) < 4.78 is 10.8. The van der Waals surface area contributed by atoms with E-state index in [-0.39, 0.29) is 0 Å². The number of aromatic nitrogens is 1. The molecule has 6 heteroatoms. The third kappa shape index (κ3) is 4.28. The molecule has 0 unspecified atom stereocenters. The number of nitrogens with one attached hydrogen (secondary N) is 1. The summed E-state index contributed by atoms with van der Waals surface area (Å²) in [6.07, 6.45) is 0.201. The van der Waals surface area contributed by atoms with Crippen LogP contribution < -0.4 is 4.90 Å². The molecule has 0 saturated heterocycles. The van der Waals surface area contributed by atoms with Gasteiger partial charge in [0.2, 0.25) is 0 Å². The molecule has 1 aromatic carbocycles. The molecule has 2 rings (SSSR count). The van der Waals surface area contributed by atoms with E-state index in [1.807, 2.05) is 6.07 Å². The third-order valence-corrected chi connectivity index (χ3v) is 2.96. The molecule has 130 valence electrons. The number of anilines is 1. The Labute approximate surface area is 141 Å². The first kappa shape index (κ1) is 17.8. The fourth-order valence-electron chi connectivity index (χ4n) is 2.15. The van der Waals surface area contributed by atoms with Crippen molar-refractivity contribution in [1.82, 2.24) is 4.98 Å². The molecular weight excluding hydrogens is 308 g/mol. The molecule has 24 heavy (non-hydrogen) atoms. The number of fused-ring (bicyclic) bond motifs is 1. The van der Waals surface area contributed by atoms with Gasteiger partial charge in [-0.1, -0.05) is 6.07 Å². The Balaban J connectivity index is 2.48. The van der Waals surface area contributed by atoms with Crippen LogP contribution >= 0.6 is 0 Å². The highest BCUT2D eigenvalue weighted by molar-refractivity contribution is 6.14. The number of nitrogens with zero attached hydrogens (tertiary/aromatic N) is 1. The van der Waals surface area contributed by atoms with Crippen molar-refractivity contribution in [3.8, 4) is 0 Å². The standard InChI is InChI=1S/C18H24N2O4/c1-17(2,3)23-15(21)20(16(22)24-18(4,5)6)14-9-7-8-13-12(14)10-11-19-13/h7-11,19H,1-6H3. The number of amides is 2. The molecule has 0 fully saturated rings. The molecule has 0 atom stereocenters. The smallest absolute Gasteiger partial charge is 0.424 e. The molecule has 2 aromatic rings. The predicted molar refractivity (Wildman–Crippen MR) is 93.2 cm³/mol. The van der Waals surface area contributed by atoms with Gasteiger partial charge in [0, 0.05) is 17.1 Å². The highest BCUT2D eigenvalue weighted by atomic mass is 16.6. The SMILES string of the molecule is CC(C)(C)OC(=O)N(C(=O)OC(C)(C)C)c1cccc2[nH]ccc12. The second kappa shape index (κ2) is 6.19. The van der Waals surface area contributed by atoms with Crippen molar-refractivity contribution >= 4 is 28.8 Å². The summed E-state index contributed by atoms with van der Waals surface area (Å²) in [6.45, 7) is 10.5. The number of aromatic amines is 1. The summed E-state index contributed by atoms with van der Waals surface area (Å²) in [5, 5.41) is 0.731. The van der Waals surface area contributed by atoms with E-state index in [0.717, 1.165) is 15.8 Å². The maximum Gasteiger partial charge on any atom is 0.424 e. The molecule has 6 nitrogen and oxygen atoms in total. The lowest BCUT2D eigenvalue weighted by Crippen LogP contribution is -2.43. The summed E-state index contributed by atoms with van der Waals surface area (Å²) in [5.41, 5.74) is -0.242. The van der Waals surface area contributed by atoms with Crippen molar-refractivity contribution in [2.45, 2.75) is 52.7 Å². The zero-order valence-electron chi connectivity index (χ0n) is 15.0. The molecule has 0 radical (unpaired) electrons. The number of hydrogen-bond acceptors (Lipinski definition) is 4. The van der Waals surface area contributed by atoms with E-state index >= 15 is 0 Å². The Kier molecular flexibility index (Phi) is 4.60. The van der Waals surface area contributed by atoms with E-state index in [1.165, 1.54) is 0 Å². The van der Waals surface area contributed by atoms with Gasteiger partial charge in [-0.2, -0.15) is 4.90 Å². The Morgan fingerprint density at radius 2 is 1.46 bits per heavy atom. The maximum absolute atomic E-state index is 12.6. The fraction of sp³-hybridized carbons (Fsp3) is 0.444. The van der Waals surface area contributed by atoms with Gasteiger partial charge in [0.1, 0.15) is 11.2 Å². The normalized spacial score (nSPS) is 12.1. The van der Waals surface area contributed by atoms with Gasteiger partial charge in [-0.15, -0.1) is 0 Å². The molecule has 0 saturated carbocycles. The molecule has 0 aliphatic heterocycles. The molecule has 0 aliphatic rings. The molecule has 0 aliphatic carbocycles. The molecule has 1 aromatic heterocycles. The molecule has 0 spiro atoms. The number of carbonyl (C=O) groups is 2. The second-order valence-corrected chi connectivity index (χ2v) is 7.51. The van der Waals surface area contributed by atoms with Crippen LogP contribution in [0.1, 0.15) is 41.5 Å². The van der Waals surface area contributed by atoms with E-state index < -0.39 is 23.4 Å². The Morgan fingerprint density at radius 3 is 1.96 bits per heavy atom. The fourth-order valence-corrected chi connectivity index (χ4v) is 2.15. The van der Waals surface area contributed by atoms with Gasteiger partial charge < -0.3 is 14.5 Å². The second-order valence-electron chi connectivity index (χ2n) is 7.51. The third-order valence-electron chi connectivity index (χ3n) is 2.96. The van der Waals surface area contributed by atoms with Crippen LogP contribution in [-0.2, 0) is 9.47 Å². The number of ether oxygens (including phenoxy) is 2. The molecule has 2 amide bonds. The van der Waals surface area contributed by atoms with Crippen molar-refractivity contribution in [1.29, 1.82) is 0 Å². The van der Waals surface area contributed by atoms with Crippen molar-refractivity contribution in [3.05, 3.63) is 30.5 Å². The molecule has 1 N–H and O–H groups in total. The lowest BCUT2D eigenvalue weighted by Gasteiger charge is -2.28. The number of hydrogen-bond donors (Lipinski definition) is 1. The largest absolute Gasteiger partial charge is 0.443 e. The monoisotopic (exact) mass is 332 g/mol. The molecule has 1 heterocycles. The van der Waals surface area contributed by atoms with Crippen LogP contribution in [0.5, 0.6) is 0 Å². The lowest BCUT2D eigenvalue weighted by molar-refractivity contribution is 0.0431.